The average molecular weight is 333 g/mol. The zero-order chi connectivity index (χ0) is 16.6. The highest BCUT2D eigenvalue weighted by atomic mass is 16.6. The Balaban J connectivity index is 1.55. The van der Waals surface area contributed by atoms with E-state index in [-0.39, 0.29) is 12.0 Å². The lowest BCUT2D eigenvalue weighted by atomic mass is 9.75. The second kappa shape index (κ2) is 6.52. The van der Waals surface area contributed by atoms with Crippen LogP contribution >= 0.6 is 0 Å². The van der Waals surface area contributed by atoms with Gasteiger partial charge in [0.25, 0.3) is 0 Å². The standard InChI is InChI=1S/C19H27NO4/c21-18(24-16-13-20-10-8-14(16)9-11-20)19(22,17-7-4-12-23-17)15-5-2-1-3-6-15/h4,7,12,14-16,22H,1-3,5-6,8-11,13H2/t16-,19?/m0/s1. The van der Waals surface area contributed by atoms with E-state index in [1.807, 2.05) is 0 Å². The maximum absolute atomic E-state index is 13.1. The summed E-state index contributed by atoms with van der Waals surface area (Å²) in [5, 5.41) is 11.4. The van der Waals surface area contributed by atoms with Crippen LogP contribution in [0.15, 0.2) is 22.8 Å². The Bertz CT molecular complexity index is 558. The molecule has 0 amide bonds. The van der Waals surface area contributed by atoms with E-state index in [0.29, 0.717) is 11.7 Å². The van der Waals surface area contributed by atoms with Crippen LogP contribution in [0.2, 0.25) is 0 Å². The molecular weight excluding hydrogens is 306 g/mol. The molecule has 3 saturated heterocycles. The van der Waals surface area contributed by atoms with E-state index in [1.54, 1.807) is 12.1 Å². The van der Waals surface area contributed by atoms with Gasteiger partial charge >= 0.3 is 5.97 Å². The van der Waals surface area contributed by atoms with Gasteiger partial charge in [-0.3, -0.25) is 4.90 Å². The number of esters is 1. The number of fused-ring (bicyclic) bond motifs is 3. The molecule has 1 unspecified atom stereocenters. The summed E-state index contributed by atoms with van der Waals surface area (Å²) in [5.74, 6) is 0.140. The molecular formula is C19H27NO4. The summed E-state index contributed by atoms with van der Waals surface area (Å²) in [4.78, 5) is 15.4. The van der Waals surface area contributed by atoms with Crippen LogP contribution in [0.25, 0.3) is 0 Å². The van der Waals surface area contributed by atoms with Crippen molar-refractivity contribution in [3.8, 4) is 0 Å². The molecule has 132 valence electrons. The molecule has 2 bridgehead atoms. The van der Waals surface area contributed by atoms with Crippen molar-refractivity contribution in [3.63, 3.8) is 0 Å². The SMILES string of the molecule is O=C(O[C@H]1CN2CCC1CC2)C(O)(c1ccco1)C1CCCCC1. The first-order valence-corrected chi connectivity index (χ1v) is 9.37. The maximum atomic E-state index is 13.1. The Morgan fingerprint density at radius 2 is 1.96 bits per heavy atom. The Kier molecular flexibility index (Phi) is 4.39. The van der Waals surface area contributed by atoms with Crippen LogP contribution in [0.5, 0.6) is 0 Å². The van der Waals surface area contributed by atoms with Gasteiger partial charge < -0.3 is 14.3 Å². The normalized spacial score (nSPS) is 33.1. The minimum absolute atomic E-state index is 0.0925. The molecule has 24 heavy (non-hydrogen) atoms. The molecule has 5 rings (SSSR count). The molecule has 3 aliphatic heterocycles. The van der Waals surface area contributed by atoms with Crippen molar-refractivity contribution in [1.82, 2.24) is 4.90 Å². The molecule has 0 radical (unpaired) electrons. The van der Waals surface area contributed by atoms with E-state index < -0.39 is 11.6 Å². The molecule has 0 aromatic carbocycles. The quantitative estimate of drug-likeness (QED) is 0.858. The lowest BCUT2D eigenvalue weighted by Crippen LogP contribution is -2.54. The van der Waals surface area contributed by atoms with Crippen LogP contribution in [0.3, 0.4) is 0 Å². The molecule has 4 heterocycles. The minimum Gasteiger partial charge on any atom is -0.466 e. The second-order valence-electron chi connectivity index (χ2n) is 7.66. The van der Waals surface area contributed by atoms with Crippen LogP contribution in [0.1, 0.15) is 50.7 Å². The van der Waals surface area contributed by atoms with Gasteiger partial charge in [-0.2, -0.15) is 0 Å². The zero-order valence-electron chi connectivity index (χ0n) is 14.2. The van der Waals surface area contributed by atoms with E-state index in [2.05, 4.69) is 4.90 Å². The summed E-state index contributed by atoms with van der Waals surface area (Å²) < 4.78 is 11.3. The van der Waals surface area contributed by atoms with E-state index in [1.165, 1.54) is 12.7 Å². The maximum Gasteiger partial charge on any atom is 0.346 e. The topological polar surface area (TPSA) is 62.9 Å². The predicted octanol–water partition coefficient (Wildman–Crippen LogP) is 2.68. The minimum atomic E-state index is -1.64. The number of furan rings is 1. The first-order chi connectivity index (χ1) is 11.7. The van der Waals surface area contributed by atoms with Crippen molar-refractivity contribution in [3.05, 3.63) is 24.2 Å². The summed E-state index contributed by atoms with van der Waals surface area (Å²) in [6.45, 7) is 3.00. The lowest BCUT2D eigenvalue weighted by Gasteiger charge is -2.45. The highest BCUT2D eigenvalue weighted by molar-refractivity contribution is 5.81. The number of nitrogens with zero attached hydrogens (tertiary/aromatic N) is 1. The molecule has 1 aromatic heterocycles. The Morgan fingerprint density at radius 3 is 2.54 bits per heavy atom. The Labute approximate surface area is 143 Å². The highest BCUT2D eigenvalue weighted by Gasteiger charge is 2.51. The van der Waals surface area contributed by atoms with Crippen molar-refractivity contribution >= 4 is 5.97 Å². The third-order valence-corrected chi connectivity index (χ3v) is 6.26. The van der Waals surface area contributed by atoms with Gasteiger partial charge in [0.15, 0.2) is 0 Å². The third kappa shape index (κ3) is 2.78. The van der Waals surface area contributed by atoms with Crippen molar-refractivity contribution < 1.29 is 19.1 Å². The summed E-state index contributed by atoms with van der Waals surface area (Å²) in [7, 11) is 0. The van der Waals surface area contributed by atoms with Gasteiger partial charge in [0.05, 0.1) is 6.26 Å². The lowest BCUT2D eigenvalue weighted by molar-refractivity contribution is -0.192. The first-order valence-electron chi connectivity index (χ1n) is 9.37. The Morgan fingerprint density at radius 1 is 1.21 bits per heavy atom. The first kappa shape index (κ1) is 16.2. The van der Waals surface area contributed by atoms with E-state index in [9.17, 15) is 9.90 Å². The number of hydrogen-bond acceptors (Lipinski definition) is 5. The van der Waals surface area contributed by atoms with Gasteiger partial charge in [-0.25, -0.2) is 4.79 Å². The van der Waals surface area contributed by atoms with Crippen molar-refractivity contribution in [2.75, 3.05) is 19.6 Å². The molecule has 1 N–H and O–H groups in total. The molecule has 1 aromatic rings. The molecule has 1 saturated carbocycles. The molecule has 0 spiro atoms. The van der Waals surface area contributed by atoms with Crippen molar-refractivity contribution in [2.45, 2.75) is 56.7 Å². The van der Waals surface area contributed by atoms with Gasteiger partial charge in [0, 0.05) is 12.5 Å². The van der Waals surface area contributed by atoms with Gasteiger partial charge in [-0.05, 0) is 56.8 Å². The summed E-state index contributed by atoms with van der Waals surface area (Å²) in [6.07, 6.45) is 8.52. The van der Waals surface area contributed by atoms with Crippen LogP contribution in [0, 0.1) is 11.8 Å². The average Bonchev–Trinajstić information content (AvgIpc) is 3.18. The highest BCUT2D eigenvalue weighted by Crippen LogP contribution is 2.41. The van der Waals surface area contributed by atoms with Crippen LogP contribution in [-0.4, -0.2) is 41.7 Å². The number of carbonyl (C=O) groups is 1. The monoisotopic (exact) mass is 333 g/mol. The summed E-state index contributed by atoms with van der Waals surface area (Å²) in [5.41, 5.74) is -1.64. The van der Waals surface area contributed by atoms with Gasteiger partial charge in [-0.1, -0.05) is 19.3 Å². The molecule has 5 heteroatoms. The fraction of sp³-hybridized carbons (Fsp3) is 0.737. The number of aliphatic hydroxyl groups is 1. The van der Waals surface area contributed by atoms with E-state index in [4.69, 9.17) is 9.15 Å². The number of ether oxygens (including phenoxy) is 1. The van der Waals surface area contributed by atoms with Crippen molar-refractivity contribution in [1.29, 1.82) is 0 Å². The molecule has 4 aliphatic rings. The van der Waals surface area contributed by atoms with Gasteiger partial charge in [-0.15, -0.1) is 0 Å². The van der Waals surface area contributed by atoms with Crippen LogP contribution in [-0.2, 0) is 15.1 Å². The van der Waals surface area contributed by atoms with Gasteiger partial charge in [0.1, 0.15) is 11.9 Å². The number of piperidine rings is 3. The van der Waals surface area contributed by atoms with Crippen LogP contribution < -0.4 is 0 Å². The van der Waals surface area contributed by atoms with Gasteiger partial charge in [0.2, 0.25) is 5.60 Å². The number of rotatable bonds is 4. The third-order valence-electron chi connectivity index (χ3n) is 6.26. The molecule has 5 nitrogen and oxygen atoms in total. The summed E-state index contributed by atoms with van der Waals surface area (Å²) in [6, 6.07) is 3.43. The number of hydrogen-bond donors (Lipinski definition) is 1. The fourth-order valence-electron chi connectivity index (χ4n) is 4.76. The van der Waals surface area contributed by atoms with E-state index >= 15 is 0 Å². The molecule has 1 aliphatic carbocycles. The fourth-order valence-corrected chi connectivity index (χ4v) is 4.76. The summed E-state index contributed by atoms with van der Waals surface area (Å²) >= 11 is 0. The predicted molar refractivity (Wildman–Crippen MR) is 88.2 cm³/mol. The molecule has 4 fully saturated rings. The largest absolute Gasteiger partial charge is 0.466 e. The van der Waals surface area contributed by atoms with Crippen LogP contribution in [0.4, 0.5) is 0 Å². The smallest absolute Gasteiger partial charge is 0.346 e. The van der Waals surface area contributed by atoms with Crippen molar-refractivity contribution in [2.24, 2.45) is 11.8 Å². The number of carbonyl (C=O) groups excluding carboxylic acids is 1. The molecule has 2 atom stereocenters. The Hall–Kier alpha value is -1.33. The van der Waals surface area contributed by atoms with E-state index in [0.717, 1.165) is 58.2 Å². The zero-order valence-corrected chi connectivity index (χ0v) is 14.2. The second-order valence-corrected chi connectivity index (χ2v) is 7.66.